The maximum atomic E-state index is 13.2. The minimum atomic E-state index is -0.0536. The third-order valence-corrected chi connectivity index (χ3v) is 7.70. The third kappa shape index (κ3) is 5.15. The molecule has 0 spiro atoms. The van der Waals surface area contributed by atoms with Crippen LogP contribution < -0.4 is 4.74 Å². The van der Waals surface area contributed by atoms with Crippen LogP contribution in [-0.4, -0.2) is 26.3 Å². The Labute approximate surface area is 219 Å². The van der Waals surface area contributed by atoms with Gasteiger partial charge in [0, 0.05) is 27.7 Å². The Morgan fingerprint density at radius 3 is 2.63 bits per heavy atom. The lowest BCUT2D eigenvalue weighted by atomic mass is 10.1. The highest BCUT2D eigenvalue weighted by molar-refractivity contribution is 8.26. The summed E-state index contributed by atoms with van der Waals surface area (Å²) in [5.74, 6) is 0.743. The van der Waals surface area contributed by atoms with Gasteiger partial charge < -0.3 is 9.30 Å². The fourth-order valence-corrected chi connectivity index (χ4v) is 5.45. The Hall–Kier alpha value is -3.06. The number of amides is 1. The molecule has 1 saturated heterocycles. The first-order valence-electron chi connectivity index (χ1n) is 11.3. The maximum Gasteiger partial charge on any atom is 0.266 e. The number of nitrogens with zero attached hydrogens (tertiary/aromatic N) is 2. The van der Waals surface area contributed by atoms with Crippen LogP contribution in [0.4, 0.5) is 0 Å². The summed E-state index contributed by atoms with van der Waals surface area (Å²) in [5, 5.41) is 1.82. The standard InChI is InChI=1S/C28H23ClN2O2S2/c1-19-15-22(11-12-24(19)29)33-14-13-30-18-21(23-9-5-6-10-25(23)30)16-26-27(32)31(28(34)35-26)17-20-7-3-2-4-8-20/h2-12,15-16,18H,13-14,17H2,1H3. The Balaban J connectivity index is 1.35. The molecule has 5 rings (SSSR count). The van der Waals surface area contributed by atoms with Crippen molar-refractivity contribution in [1.82, 2.24) is 9.47 Å². The second kappa shape index (κ2) is 10.3. The Morgan fingerprint density at radius 2 is 1.83 bits per heavy atom. The van der Waals surface area contributed by atoms with E-state index >= 15 is 0 Å². The van der Waals surface area contributed by atoms with Gasteiger partial charge in [0.1, 0.15) is 16.7 Å². The molecule has 0 atom stereocenters. The van der Waals surface area contributed by atoms with E-state index in [9.17, 15) is 4.79 Å². The number of ether oxygens (including phenoxy) is 1. The molecule has 4 nitrogen and oxygen atoms in total. The Morgan fingerprint density at radius 1 is 1.06 bits per heavy atom. The molecule has 3 aromatic carbocycles. The monoisotopic (exact) mass is 518 g/mol. The minimum absolute atomic E-state index is 0.0536. The first-order valence-corrected chi connectivity index (χ1v) is 12.9. The van der Waals surface area contributed by atoms with E-state index in [0.29, 0.717) is 28.9 Å². The van der Waals surface area contributed by atoms with Gasteiger partial charge in [0.2, 0.25) is 0 Å². The first-order chi connectivity index (χ1) is 17.0. The number of hydrogen-bond donors (Lipinski definition) is 0. The number of hydrogen-bond acceptors (Lipinski definition) is 4. The zero-order valence-electron chi connectivity index (χ0n) is 19.1. The van der Waals surface area contributed by atoms with Crippen LogP contribution in [-0.2, 0) is 17.9 Å². The number of aryl methyl sites for hydroxylation is 1. The van der Waals surface area contributed by atoms with Crippen molar-refractivity contribution >= 4 is 62.8 Å². The Bertz CT molecular complexity index is 1450. The fraction of sp³-hybridized carbons (Fsp3) is 0.143. The van der Waals surface area contributed by atoms with E-state index in [-0.39, 0.29) is 5.91 Å². The molecular formula is C28H23ClN2O2S2. The molecule has 2 heterocycles. The highest BCUT2D eigenvalue weighted by Gasteiger charge is 2.32. The molecule has 0 N–H and O–H groups in total. The van der Waals surface area contributed by atoms with Crippen molar-refractivity contribution in [3.63, 3.8) is 0 Å². The number of aromatic nitrogens is 1. The van der Waals surface area contributed by atoms with Crippen molar-refractivity contribution in [2.75, 3.05) is 6.61 Å². The van der Waals surface area contributed by atoms with Crippen molar-refractivity contribution in [1.29, 1.82) is 0 Å². The molecule has 1 amide bonds. The summed E-state index contributed by atoms with van der Waals surface area (Å²) in [6.45, 7) is 3.62. The van der Waals surface area contributed by atoms with Gasteiger partial charge in [0.05, 0.1) is 18.0 Å². The normalized spacial score (nSPS) is 14.9. The fourth-order valence-electron chi connectivity index (χ4n) is 4.09. The molecule has 0 radical (unpaired) electrons. The predicted octanol–water partition coefficient (Wildman–Crippen LogP) is 7.08. The molecular weight excluding hydrogens is 496 g/mol. The molecule has 0 saturated carbocycles. The van der Waals surface area contributed by atoms with E-state index in [0.717, 1.165) is 38.4 Å². The summed E-state index contributed by atoms with van der Waals surface area (Å²) in [5.41, 5.74) is 4.12. The number of carbonyl (C=O) groups excluding carboxylic acids is 1. The van der Waals surface area contributed by atoms with E-state index in [1.165, 1.54) is 11.8 Å². The van der Waals surface area contributed by atoms with Gasteiger partial charge in [-0.1, -0.05) is 84.1 Å². The summed E-state index contributed by atoms with van der Waals surface area (Å²) >= 11 is 13.0. The van der Waals surface area contributed by atoms with Gasteiger partial charge in [-0.05, 0) is 48.4 Å². The van der Waals surface area contributed by atoms with Crippen LogP contribution in [0.3, 0.4) is 0 Å². The van der Waals surface area contributed by atoms with Gasteiger partial charge in [-0.15, -0.1) is 0 Å². The second-order valence-electron chi connectivity index (χ2n) is 8.31. The maximum absolute atomic E-state index is 13.2. The van der Waals surface area contributed by atoms with Gasteiger partial charge in [-0.3, -0.25) is 9.69 Å². The average Bonchev–Trinajstić information content (AvgIpc) is 3.34. The zero-order valence-corrected chi connectivity index (χ0v) is 21.5. The number of thiocarbonyl (C=S) groups is 1. The SMILES string of the molecule is Cc1cc(OCCn2cc(C=C3SC(=S)N(Cc4ccccc4)C3=O)c3ccccc32)ccc1Cl. The third-order valence-electron chi connectivity index (χ3n) is 5.89. The molecule has 1 aromatic heterocycles. The minimum Gasteiger partial charge on any atom is -0.492 e. The number of halogens is 1. The molecule has 0 unspecified atom stereocenters. The lowest BCUT2D eigenvalue weighted by molar-refractivity contribution is -0.122. The molecule has 1 aliphatic heterocycles. The van der Waals surface area contributed by atoms with Crippen molar-refractivity contribution in [3.05, 3.63) is 106 Å². The molecule has 4 aromatic rings. The highest BCUT2D eigenvalue weighted by atomic mass is 35.5. The summed E-state index contributed by atoms with van der Waals surface area (Å²) in [6.07, 6.45) is 4.03. The molecule has 0 aliphatic carbocycles. The van der Waals surface area contributed by atoms with Crippen LogP contribution >= 0.6 is 35.6 Å². The number of rotatable bonds is 7. The van der Waals surface area contributed by atoms with Crippen LogP contribution in [0.1, 0.15) is 16.7 Å². The van der Waals surface area contributed by atoms with Crippen molar-refractivity contribution in [3.8, 4) is 5.75 Å². The number of carbonyl (C=O) groups is 1. The highest BCUT2D eigenvalue weighted by Crippen LogP contribution is 2.35. The van der Waals surface area contributed by atoms with Crippen LogP contribution in [0.25, 0.3) is 17.0 Å². The molecule has 0 bridgehead atoms. The zero-order chi connectivity index (χ0) is 24.4. The van der Waals surface area contributed by atoms with Crippen molar-refractivity contribution in [2.45, 2.75) is 20.0 Å². The number of thioether (sulfide) groups is 1. The average molecular weight is 519 g/mol. The number of fused-ring (bicyclic) bond motifs is 1. The van der Waals surface area contributed by atoms with Crippen molar-refractivity contribution < 1.29 is 9.53 Å². The van der Waals surface area contributed by atoms with Crippen LogP contribution in [0.2, 0.25) is 5.02 Å². The van der Waals surface area contributed by atoms with E-state index in [2.05, 4.69) is 22.9 Å². The smallest absolute Gasteiger partial charge is 0.266 e. The van der Waals surface area contributed by atoms with Crippen LogP contribution in [0, 0.1) is 6.92 Å². The van der Waals surface area contributed by atoms with Crippen molar-refractivity contribution in [2.24, 2.45) is 0 Å². The van der Waals surface area contributed by atoms with Crippen LogP contribution in [0.5, 0.6) is 5.75 Å². The topological polar surface area (TPSA) is 34.5 Å². The molecule has 7 heteroatoms. The number of para-hydroxylation sites is 1. The lowest BCUT2D eigenvalue weighted by Crippen LogP contribution is -2.27. The number of benzene rings is 3. The molecule has 35 heavy (non-hydrogen) atoms. The van der Waals surface area contributed by atoms with Crippen LogP contribution in [0.15, 0.2) is 83.9 Å². The largest absolute Gasteiger partial charge is 0.492 e. The molecule has 1 aliphatic rings. The summed E-state index contributed by atoms with van der Waals surface area (Å²) in [6, 6.07) is 23.8. The lowest BCUT2D eigenvalue weighted by Gasteiger charge is -2.14. The summed E-state index contributed by atoms with van der Waals surface area (Å²) in [4.78, 5) is 15.5. The predicted molar refractivity (Wildman–Crippen MR) is 149 cm³/mol. The van der Waals surface area contributed by atoms with Gasteiger partial charge in [0.25, 0.3) is 5.91 Å². The first kappa shape index (κ1) is 23.7. The summed E-state index contributed by atoms with van der Waals surface area (Å²) in [7, 11) is 0. The summed E-state index contributed by atoms with van der Waals surface area (Å²) < 4.78 is 8.71. The second-order valence-corrected chi connectivity index (χ2v) is 10.4. The molecule has 1 fully saturated rings. The van der Waals surface area contributed by atoms with E-state index in [4.69, 9.17) is 28.6 Å². The quantitative estimate of drug-likeness (QED) is 0.193. The molecule has 176 valence electrons. The van der Waals surface area contributed by atoms with E-state index < -0.39 is 0 Å². The van der Waals surface area contributed by atoms with E-state index in [1.807, 2.05) is 73.7 Å². The van der Waals surface area contributed by atoms with E-state index in [1.54, 1.807) is 4.90 Å². The van der Waals surface area contributed by atoms with Gasteiger partial charge in [-0.2, -0.15) is 0 Å². The van der Waals surface area contributed by atoms with Gasteiger partial charge in [-0.25, -0.2) is 0 Å². The van der Waals surface area contributed by atoms with Gasteiger partial charge in [0.15, 0.2) is 0 Å². The van der Waals surface area contributed by atoms with Gasteiger partial charge >= 0.3 is 0 Å². The Kier molecular flexibility index (Phi) is 6.95.